The Hall–Kier alpha value is -1.29. The molecule has 1 amide bonds. The van der Waals surface area contributed by atoms with Crippen molar-refractivity contribution in [3.63, 3.8) is 0 Å². The first kappa shape index (κ1) is 12.8. The molecule has 0 aliphatic heterocycles. The van der Waals surface area contributed by atoms with Crippen molar-refractivity contribution in [1.82, 2.24) is 9.88 Å². The molecular weight excluding hydrogens is 226 g/mol. The van der Waals surface area contributed by atoms with Gasteiger partial charge in [-0.15, -0.1) is 0 Å². The zero-order chi connectivity index (χ0) is 12.3. The number of rotatable bonds is 3. The van der Waals surface area contributed by atoms with Gasteiger partial charge in [0.15, 0.2) is 0 Å². The predicted octanol–water partition coefficient (Wildman–Crippen LogP) is 2.26. The van der Waals surface area contributed by atoms with Gasteiger partial charge in [-0.3, -0.25) is 4.79 Å². The molecule has 1 rings (SSSR count). The van der Waals surface area contributed by atoms with E-state index < -0.39 is 0 Å². The number of anilines is 1. The lowest BCUT2D eigenvalue weighted by Gasteiger charge is -2.21. The Labute approximate surface area is 101 Å². The van der Waals surface area contributed by atoms with Gasteiger partial charge < -0.3 is 10.2 Å². The van der Waals surface area contributed by atoms with Crippen molar-refractivity contribution in [2.24, 2.45) is 0 Å². The molecule has 0 aliphatic rings. The van der Waals surface area contributed by atoms with Gasteiger partial charge in [-0.05, 0) is 26.0 Å². The first-order valence-corrected chi connectivity index (χ1v) is 5.46. The molecule has 0 saturated carbocycles. The molecule has 0 atom stereocenters. The zero-order valence-electron chi connectivity index (χ0n) is 9.91. The van der Waals surface area contributed by atoms with E-state index in [4.69, 9.17) is 11.6 Å². The summed E-state index contributed by atoms with van der Waals surface area (Å²) < 4.78 is 0. The molecule has 0 unspecified atom stereocenters. The topological polar surface area (TPSA) is 45.2 Å². The quantitative estimate of drug-likeness (QED) is 0.883. The van der Waals surface area contributed by atoms with Crippen LogP contribution in [0.25, 0.3) is 0 Å². The minimum atomic E-state index is -0.169. The summed E-state index contributed by atoms with van der Waals surface area (Å²) in [5.74, 6) is 0.460. The summed E-state index contributed by atoms with van der Waals surface area (Å²) in [5, 5.41) is 3.25. The molecule has 1 N–H and O–H groups in total. The third kappa shape index (κ3) is 2.64. The van der Waals surface area contributed by atoms with Crippen molar-refractivity contribution in [3.05, 3.63) is 22.8 Å². The van der Waals surface area contributed by atoms with Crippen LogP contribution in [0.1, 0.15) is 24.3 Å². The van der Waals surface area contributed by atoms with E-state index in [1.807, 2.05) is 13.8 Å². The normalized spacial score (nSPS) is 10.4. The standard InChI is InChI=1S/C11H16ClN3O/c1-7(2)15(4)11(16)10-8(12)5-6-9(13-3)14-10/h5-7H,1-4H3,(H,13,14). The van der Waals surface area contributed by atoms with E-state index in [0.29, 0.717) is 10.8 Å². The molecule has 0 saturated heterocycles. The Bertz CT molecular complexity index is 393. The van der Waals surface area contributed by atoms with Gasteiger partial charge in [-0.25, -0.2) is 4.98 Å². The lowest BCUT2D eigenvalue weighted by molar-refractivity contribution is 0.0749. The highest BCUT2D eigenvalue weighted by atomic mass is 35.5. The summed E-state index contributed by atoms with van der Waals surface area (Å²) in [7, 11) is 3.48. The fourth-order valence-corrected chi connectivity index (χ4v) is 1.32. The Balaban J connectivity index is 3.07. The Morgan fingerprint density at radius 1 is 1.50 bits per heavy atom. The second-order valence-electron chi connectivity index (χ2n) is 3.79. The van der Waals surface area contributed by atoms with Crippen molar-refractivity contribution < 1.29 is 4.79 Å². The summed E-state index contributed by atoms with van der Waals surface area (Å²) in [5.41, 5.74) is 0.282. The smallest absolute Gasteiger partial charge is 0.274 e. The number of nitrogens with one attached hydrogen (secondary N) is 1. The summed E-state index contributed by atoms with van der Waals surface area (Å²) >= 11 is 5.96. The van der Waals surface area contributed by atoms with Gasteiger partial charge >= 0.3 is 0 Å². The van der Waals surface area contributed by atoms with Crippen LogP contribution in [0.3, 0.4) is 0 Å². The van der Waals surface area contributed by atoms with Crippen LogP contribution < -0.4 is 5.32 Å². The molecule has 5 heteroatoms. The molecule has 1 heterocycles. The minimum Gasteiger partial charge on any atom is -0.373 e. The molecule has 0 aromatic carbocycles. The zero-order valence-corrected chi connectivity index (χ0v) is 10.7. The van der Waals surface area contributed by atoms with Crippen LogP contribution in [0.15, 0.2) is 12.1 Å². The summed E-state index contributed by atoms with van der Waals surface area (Å²) in [6, 6.07) is 3.51. The average Bonchev–Trinajstić information content (AvgIpc) is 2.27. The van der Waals surface area contributed by atoms with E-state index in [9.17, 15) is 4.79 Å². The second kappa shape index (κ2) is 5.16. The minimum absolute atomic E-state index is 0.114. The van der Waals surface area contributed by atoms with Crippen LogP contribution >= 0.6 is 11.6 Å². The van der Waals surface area contributed by atoms with Gasteiger partial charge in [0.05, 0.1) is 5.02 Å². The maximum atomic E-state index is 12.0. The third-order valence-electron chi connectivity index (χ3n) is 2.40. The van der Waals surface area contributed by atoms with E-state index in [0.717, 1.165) is 0 Å². The number of aromatic nitrogens is 1. The van der Waals surface area contributed by atoms with Gasteiger partial charge in [0, 0.05) is 20.1 Å². The second-order valence-corrected chi connectivity index (χ2v) is 4.19. The number of carbonyl (C=O) groups is 1. The fraction of sp³-hybridized carbons (Fsp3) is 0.455. The number of hydrogen-bond acceptors (Lipinski definition) is 3. The summed E-state index contributed by atoms with van der Waals surface area (Å²) in [4.78, 5) is 17.8. The number of amides is 1. The average molecular weight is 242 g/mol. The molecule has 1 aromatic rings. The van der Waals surface area contributed by atoms with Crippen molar-refractivity contribution >= 4 is 23.3 Å². The Morgan fingerprint density at radius 3 is 2.62 bits per heavy atom. The van der Waals surface area contributed by atoms with Crippen LogP contribution in [0.5, 0.6) is 0 Å². The number of halogens is 1. The van der Waals surface area contributed by atoms with E-state index >= 15 is 0 Å². The van der Waals surface area contributed by atoms with Gasteiger partial charge in [0.1, 0.15) is 11.5 Å². The van der Waals surface area contributed by atoms with Crippen molar-refractivity contribution in [2.45, 2.75) is 19.9 Å². The molecule has 88 valence electrons. The van der Waals surface area contributed by atoms with E-state index in [-0.39, 0.29) is 17.6 Å². The molecule has 0 spiro atoms. The molecule has 16 heavy (non-hydrogen) atoms. The number of nitrogens with zero attached hydrogens (tertiary/aromatic N) is 2. The predicted molar refractivity (Wildman–Crippen MR) is 66.0 cm³/mol. The molecule has 0 fully saturated rings. The fourth-order valence-electron chi connectivity index (χ4n) is 1.13. The third-order valence-corrected chi connectivity index (χ3v) is 2.70. The van der Waals surface area contributed by atoms with Crippen LogP contribution in [0, 0.1) is 0 Å². The number of pyridine rings is 1. The lowest BCUT2D eigenvalue weighted by Crippen LogP contribution is -2.33. The first-order valence-electron chi connectivity index (χ1n) is 5.08. The Kier molecular flexibility index (Phi) is 4.12. The molecule has 0 aliphatic carbocycles. The monoisotopic (exact) mass is 241 g/mol. The maximum absolute atomic E-state index is 12.0. The number of carbonyl (C=O) groups excluding carboxylic acids is 1. The van der Waals surface area contributed by atoms with E-state index in [1.165, 1.54) is 0 Å². The van der Waals surface area contributed by atoms with Crippen LogP contribution in [-0.4, -0.2) is 35.9 Å². The molecule has 0 bridgehead atoms. The molecule has 0 radical (unpaired) electrons. The molecule has 1 aromatic heterocycles. The molecule has 4 nitrogen and oxygen atoms in total. The highest BCUT2D eigenvalue weighted by Gasteiger charge is 2.19. The van der Waals surface area contributed by atoms with Crippen LogP contribution in [0.4, 0.5) is 5.82 Å². The van der Waals surface area contributed by atoms with Gasteiger partial charge in [-0.2, -0.15) is 0 Å². The van der Waals surface area contributed by atoms with Crippen molar-refractivity contribution in [3.8, 4) is 0 Å². The summed E-state index contributed by atoms with van der Waals surface area (Å²) in [6.45, 7) is 3.88. The Morgan fingerprint density at radius 2 is 2.12 bits per heavy atom. The highest BCUT2D eigenvalue weighted by molar-refractivity contribution is 6.33. The van der Waals surface area contributed by atoms with Gasteiger partial charge in [-0.1, -0.05) is 11.6 Å². The van der Waals surface area contributed by atoms with E-state index in [2.05, 4.69) is 10.3 Å². The number of hydrogen-bond donors (Lipinski definition) is 1. The first-order chi connectivity index (χ1) is 7.47. The molecular formula is C11H16ClN3O. The van der Waals surface area contributed by atoms with Gasteiger partial charge in [0.2, 0.25) is 0 Å². The van der Waals surface area contributed by atoms with Gasteiger partial charge in [0.25, 0.3) is 5.91 Å². The van der Waals surface area contributed by atoms with E-state index in [1.54, 1.807) is 31.1 Å². The lowest BCUT2D eigenvalue weighted by atomic mass is 10.2. The summed E-state index contributed by atoms with van der Waals surface area (Å²) in [6.07, 6.45) is 0. The highest BCUT2D eigenvalue weighted by Crippen LogP contribution is 2.18. The largest absolute Gasteiger partial charge is 0.373 e. The van der Waals surface area contributed by atoms with Crippen molar-refractivity contribution in [2.75, 3.05) is 19.4 Å². The SMILES string of the molecule is CNc1ccc(Cl)c(C(=O)N(C)C(C)C)n1. The van der Waals surface area contributed by atoms with Crippen LogP contribution in [-0.2, 0) is 0 Å². The van der Waals surface area contributed by atoms with Crippen LogP contribution in [0.2, 0.25) is 5.02 Å². The maximum Gasteiger partial charge on any atom is 0.274 e. The van der Waals surface area contributed by atoms with Crippen molar-refractivity contribution in [1.29, 1.82) is 0 Å².